The summed E-state index contributed by atoms with van der Waals surface area (Å²) in [5, 5.41) is 12.2. The number of aromatic nitrogens is 3. The van der Waals surface area contributed by atoms with Crippen LogP contribution in [0.4, 0.5) is 0 Å². The number of hydrogen-bond acceptors (Lipinski definition) is 6. The summed E-state index contributed by atoms with van der Waals surface area (Å²) in [5.74, 6) is 3.14. The minimum absolute atomic E-state index is 0.225. The first-order chi connectivity index (χ1) is 20.7. The lowest BCUT2D eigenvalue weighted by atomic mass is 9.72. The van der Waals surface area contributed by atoms with Gasteiger partial charge < -0.3 is 9.84 Å². The molecule has 0 amide bonds. The SMILES string of the molecule is CC[C@@H]1CN2CCC1C[C@@H]2C(O)c1ccnc2ccc(OC)cc12.c1ccc(-c2ccccc2-c2ncccn2)cc1. The zero-order valence-corrected chi connectivity index (χ0v) is 24.3. The molecule has 0 spiro atoms. The van der Waals surface area contributed by atoms with Crippen LogP contribution in [0.2, 0.25) is 0 Å². The molecule has 214 valence electrons. The second kappa shape index (κ2) is 12.8. The number of aliphatic hydroxyl groups excluding tert-OH is 1. The van der Waals surface area contributed by atoms with E-state index in [-0.39, 0.29) is 6.04 Å². The molecular formula is C36H38N4O2. The Morgan fingerprint density at radius 3 is 2.36 bits per heavy atom. The largest absolute Gasteiger partial charge is 0.497 e. The van der Waals surface area contributed by atoms with E-state index in [4.69, 9.17) is 4.74 Å². The molecular weight excluding hydrogens is 520 g/mol. The van der Waals surface area contributed by atoms with Crippen molar-refractivity contribution in [1.29, 1.82) is 0 Å². The predicted molar refractivity (Wildman–Crippen MR) is 168 cm³/mol. The van der Waals surface area contributed by atoms with Gasteiger partial charge in [0.25, 0.3) is 0 Å². The van der Waals surface area contributed by atoms with Crippen molar-refractivity contribution < 1.29 is 9.84 Å². The molecule has 0 saturated carbocycles. The zero-order valence-electron chi connectivity index (χ0n) is 24.3. The Kier molecular flexibility index (Phi) is 8.54. The van der Waals surface area contributed by atoms with Gasteiger partial charge in [-0.2, -0.15) is 0 Å². The molecule has 6 nitrogen and oxygen atoms in total. The summed E-state index contributed by atoms with van der Waals surface area (Å²) in [6, 6.07) is 28.4. The van der Waals surface area contributed by atoms with E-state index in [2.05, 4.69) is 51.0 Å². The smallest absolute Gasteiger partial charge is 0.159 e. The van der Waals surface area contributed by atoms with Crippen LogP contribution < -0.4 is 4.74 Å². The normalized spacial score (nSPS) is 21.8. The van der Waals surface area contributed by atoms with Crippen LogP contribution in [0, 0.1) is 11.8 Å². The van der Waals surface area contributed by atoms with Crippen molar-refractivity contribution in [2.24, 2.45) is 11.8 Å². The molecule has 3 unspecified atom stereocenters. The van der Waals surface area contributed by atoms with E-state index in [0.29, 0.717) is 0 Å². The van der Waals surface area contributed by atoms with Gasteiger partial charge in [0.1, 0.15) is 5.75 Å². The second-order valence-corrected chi connectivity index (χ2v) is 11.2. The van der Waals surface area contributed by atoms with Crippen molar-refractivity contribution in [3.05, 3.63) is 109 Å². The first kappa shape index (κ1) is 28.0. The monoisotopic (exact) mass is 558 g/mol. The maximum atomic E-state index is 11.2. The second-order valence-electron chi connectivity index (χ2n) is 11.2. The molecule has 1 N–H and O–H groups in total. The third kappa shape index (κ3) is 5.78. The number of ether oxygens (including phenoxy) is 1. The van der Waals surface area contributed by atoms with Gasteiger partial charge in [-0.05, 0) is 78.2 Å². The molecule has 5 heterocycles. The van der Waals surface area contributed by atoms with Crippen LogP contribution in [0.5, 0.6) is 5.75 Å². The molecule has 3 aromatic carbocycles. The number of fused-ring (bicyclic) bond motifs is 4. The zero-order chi connectivity index (χ0) is 28.9. The molecule has 2 aromatic heterocycles. The summed E-state index contributed by atoms with van der Waals surface area (Å²) in [4.78, 5) is 15.6. The van der Waals surface area contributed by atoms with E-state index < -0.39 is 6.10 Å². The van der Waals surface area contributed by atoms with E-state index >= 15 is 0 Å². The summed E-state index contributed by atoms with van der Waals surface area (Å²) in [5.41, 5.74) is 5.29. The number of pyridine rings is 1. The fraction of sp³-hybridized carbons (Fsp3) is 0.306. The first-order valence-corrected chi connectivity index (χ1v) is 14.9. The number of nitrogens with zero attached hydrogens (tertiary/aromatic N) is 4. The minimum Gasteiger partial charge on any atom is -0.497 e. The van der Waals surface area contributed by atoms with Crippen molar-refractivity contribution in [2.75, 3.05) is 20.2 Å². The van der Waals surface area contributed by atoms with Crippen molar-refractivity contribution in [2.45, 2.75) is 38.3 Å². The van der Waals surface area contributed by atoms with Crippen molar-refractivity contribution in [1.82, 2.24) is 19.9 Å². The van der Waals surface area contributed by atoms with Crippen molar-refractivity contribution >= 4 is 10.9 Å². The third-order valence-electron chi connectivity index (χ3n) is 8.94. The molecule has 8 rings (SSSR count). The summed E-state index contributed by atoms with van der Waals surface area (Å²) < 4.78 is 5.36. The Hall–Kier alpha value is -4.13. The average molecular weight is 559 g/mol. The highest BCUT2D eigenvalue weighted by atomic mass is 16.5. The number of rotatable bonds is 6. The van der Waals surface area contributed by atoms with E-state index in [0.717, 1.165) is 70.5 Å². The van der Waals surface area contributed by atoms with Gasteiger partial charge in [0.2, 0.25) is 0 Å². The number of hydrogen-bond donors (Lipinski definition) is 1. The summed E-state index contributed by atoms with van der Waals surface area (Å²) in [6.07, 6.45) is 8.51. The molecule has 3 aliphatic heterocycles. The Labute approximate surface area is 248 Å². The van der Waals surface area contributed by atoms with Crippen molar-refractivity contribution in [3.63, 3.8) is 0 Å². The Morgan fingerprint density at radius 2 is 1.64 bits per heavy atom. The lowest BCUT2D eigenvalue weighted by Crippen LogP contribution is -2.55. The van der Waals surface area contributed by atoms with Crippen LogP contribution >= 0.6 is 0 Å². The molecule has 3 aliphatic rings. The summed E-state index contributed by atoms with van der Waals surface area (Å²) in [6.45, 7) is 4.55. The maximum Gasteiger partial charge on any atom is 0.159 e. The highest BCUT2D eigenvalue weighted by Crippen LogP contribution is 2.42. The molecule has 2 bridgehead atoms. The van der Waals surface area contributed by atoms with Crippen LogP contribution in [0.25, 0.3) is 33.4 Å². The van der Waals surface area contributed by atoms with Crippen LogP contribution in [-0.4, -0.2) is 51.2 Å². The van der Waals surface area contributed by atoms with Gasteiger partial charge >= 0.3 is 0 Å². The molecule has 0 aliphatic carbocycles. The molecule has 5 aromatic rings. The first-order valence-electron chi connectivity index (χ1n) is 14.9. The summed E-state index contributed by atoms with van der Waals surface area (Å²) >= 11 is 0. The Bertz CT molecular complexity index is 1550. The van der Waals surface area contributed by atoms with Gasteiger partial charge in [-0.15, -0.1) is 0 Å². The van der Waals surface area contributed by atoms with Crippen LogP contribution in [0.1, 0.15) is 37.9 Å². The fourth-order valence-electron chi connectivity index (χ4n) is 6.70. The predicted octanol–water partition coefficient (Wildman–Crippen LogP) is 7.21. The average Bonchev–Trinajstić information content (AvgIpc) is 3.08. The fourth-order valence-corrected chi connectivity index (χ4v) is 6.70. The lowest BCUT2D eigenvalue weighted by Gasteiger charge is -2.51. The summed E-state index contributed by atoms with van der Waals surface area (Å²) in [7, 11) is 1.67. The molecule has 0 radical (unpaired) electrons. The molecule has 6 heteroatoms. The third-order valence-corrected chi connectivity index (χ3v) is 8.94. The Balaban J connectivity index is 0.000000157. The molecule has 3 fully saturated rings. The van der Waals surface area contributed by atoms with Crippen LogP contribution in [-0.2, 0) is 0 Å². The van der Waals surface area contributed by atoms with Gasteiger partial charge in [-0.1, -0.05) is 67.9 Å². The number of aliphatic hydroxyl groups is 1. The highest BCUT2D eigenvalue weighted by molar-refractivity contribution is 5.84. The van der Waals surface area contributed by atoms with Crippen molar-refractivity contribution in [3.8, 4) is 28.3 Å². The van der Waals surface area contributed by atoms with Gasteiger partial charge in [0.15, 0.2) is 5.82 Å². The minimum atomic E-state index is -0.469. The molecule has 5 atom stereocenters. The topological polar surface area (TPSA) is 71.4 Å². The van der Waals surface area contributed by atoms with Gasteiger partial charge in [-0.25, -0.2) is 9.97 Å². The standard InChI is InChI=1S/C20H26N2O2.C16H12N2/c1-3-13-12-22-9-7-14(13)10-19(22)20(23)16-6-8-21-18-5-4-15(24-2)11-17(16)18;1-2-7-13(8-3-1)14-9-4-5-10-15(14)16-17-11-6-12-18-16/h4-6,8,11,13-14,19-20,23H,3,7,9-10,12H2,1-2H3;1-12H/t13-,14?,19-,20?;/m1./s1. The number of benzene rings is 3. The van der Waals surface area contributed by atoms with E-state index in [1.807, 2.05) is 60.7 Å². The highest BCUT2D eigenvalue weighted by Gasteiger charge is 2.42. The van der Waals surface area contributed by atoms with Crippen LogP contribution in [0.15, 0.2) is 104 Å². The maximum absolute atomic E-state index is 11.2. The number of piperidine rings is 3. The van der Waals surface area contributed by atoms with Gasteiger partial charge in [-0.3, -0.25) is 9.88 Å². The Morgan fingerprint density at radius 1 is 0.881 bits per heavy atom. The van der Waals surface area contributed by atoms with Crippen LogP contribution in [0.3, 0.4) is 0 Å². The van der Waals surface area contributed by atoms with E-state index in [1.165, 1.54) is 18.4 Å². The quantitative estimate of drug-likeness (QED) is 0.238. The van der Waals surface area contributed by atoms with E-state index in [9.17, 15) is 5.11 Å². The van der Waals surface area contributed by atoms with E-state index in [1.54, 1.807) is 25.7 Å². The molecule has 3 saturated heterocycles. The molecule has 42 heavy (non-hydrogen) atoms. The van der Waals surface area contributed by atoms with Gasteiger partial charge in [0, 0.05) is 42.1 Å². The number of methoxy groups -OCH3 is 1. The lowest BCUT2D eigenvalue weighted by molar-refractivity contribution is -0.0562. The van der Waals surface area contributed by atoms with Gasteiger partial charge in [0.05, 0.1) is 18.7 Å².